The molecule has 364 valence electrons. The minimum atomic E-state index is -3.73. The Kier molecular flexibility index (Phi) is 12.1. The zero-order chi connectivity index (χ0) is 49.7. The molecule has 22 heteroatoms. The first kappa shape index (κ1) is 48.3. The number of pyridine rings is 1. The van der Waals surface area contributed by atoms with Crippen molar-refractivity contribution in [1.82, 2.24) is 34.7 Å². The molecule has 2 fully saturated rings. The molecule has 3 atom stereocenters. The summed E-state index contributed by atoms with van der Waals surface area (Å²) in [7, 11) is -3.73. The maximum atomic E-state index is 15.6. The Morgan fingerprint density at radius 1 is 0.971 bits per heavy atom. The van der Waals surface area contributed by atoms with Gasteiger partial charge in [0.25, 0.3) is 18.8 Å². The molecule has 4 aromatic heterocycles. The largest absolute Gasteiger partial charge is 0.422 e. The Morgan fingerprint density at radius 3 is 2.30 bits per heavy atom. The molecular formula is C47H42ClF8N7O5S. The predicted molar refractivity (Wildman–Crippen MR) is 234 cm³/mol. The summed E-state index contributed by atoms with van der Waals surface area (Å²) in [5.74, 6) is -4.21. The number of Topliss-reactive ketones (excluding diaryl/α,β-unsaturated/α-hetero) is 1. The Hall–Kier alpha value is -5.72. The number of hydrogen-bond donors (Lipinski definition) is 1. The van der Waals surface area contributed by atoms with Gasteiger partial charge in [-0.25, -0.2) is 39.7 Å². The average molecular weight is 1000 g/mol. The smallest absolute Gasteiger partial charge is 0.293 e. The quantitative estimate of drug-likeness (QED) is 0.0731. The number of rotatable bonds is 16. The van der Waals surface area contributed by atoms with Gasteiger partial charge in [0.1, 0.15) is 52.2 Å². The van der Waals surface area contributed by atoms with Gasteiger partial charge in [0.05, 0.1) is 33.6 Å². The summed E-state index contributed by atoms with van der Waals surface area (Å²) in [6.07, 6.45) is -6.49. The normalized spacial score (nSPS) is 18.1. The van der Waals surface area contributed by atoms with Gasteiger partial charge in [-0.05, 0) is 101 Å². The van der Waals surface area contributed by atoms with E-state index in [4.69, 9.17) is 21.0 Å². The molecule has 2 saturated carbocycles. The van der Waals surface area contributed by atoms with Crippen molar-refractivity contribution in [2.24, 2.45) is 5.92 Å². The Bertz CT molecular complexity index is 3200. The minimum Gasteiger partial charge on any atom is -0.422 e. The number of alkyl halides is 6. The van der Waals surface area contributed by atoms with E-state index < -0.39 is 110 Å². The summed E-state index contributed by atoms with van der Waals surface area (Å²) < 4.78 is 151. The summed E-state index contributed by atoms with van der Waals surface area (Å²) in [6.45, 7) is 3.84. The van der Waals surface area contributed by atoms with E-state index in [1.54, 1.807) is 0 Å². The lowest BCUT2D eigenvalue weighted by Crippen LogP contribution is -2.33. The molecule has 1 N–H and O–H groups in total. The fourth-order valence-corrected chi connectivity index (χ4v) is 11.2. The lowest BCUT2D eigenvalue weighted by Gasteiger charge is -2.22. The van der Waals surface area contributed by atoms with Crippen molar-refractivity contribution in [3.8, 4) is 23.0 Å². The van der Waals surface area contributed by atoms with Gasteiger partial charge in [-0.15, -0.1) is 10.2 Å². The van der Waals surface area contributed by atoms with Crippen LogP contribution in [0.1, 0.15) is 123 Å². The molecule has 0 aliphatic heterocycles. The van der Waals surface area contributed by atoms with Crippen LogP contribution in [0.2, 0.25) is 5.02 Å². The lowest BCUT2D eigenvalue weighted by atomic mass is 9.86. The van der Waals surface area contributed by atoms with Crippen LogP contribution >= 0.6 is 11.6 Å². The maximum Gasteiger partial charge on any atom is 0.293 e. The van der Waals surface area contributed by atoms with Crippen LogP contribution in [0.5, 0.6) is 0 Å². The van der Waals surface area contributed by atoms with E-state index in [1.807, 2.05) is 0 Å². The fraction of sp³-hybridized carbons (Fsp3) is 0.447. The third kappa shape index (κ3) is 9.15. The Balaban J connectivity index is 1.21. The highest BCUT2D eigenvalue weighted by Crippen LogP contribution is 2.68. The molecule has 3 aliphatic rings. The molecule has 0 spiro atoms. The first-order valence-corrected chi connectivity index (χ1v) is 23.8. The molecule has 3 aliphatic carbocycles. The molecule has 69 heavy (non-hydrogen) atoms. The van der Waals surface area contributed by atoms with Crippen molar-refractivity contribution in [2.75, 3.05) is 0 Å². The van der Waals surface area contributed by atoms with Crippen LogP contribution in [0, 0.1) is 29.4 Å². The van der Waals surface area contributed by atoms with E-state index in [-0.39, 0.29) is 86.3 Å². The Morgan fingerprint density at radius 2 is 1.67 bits per heavy atom. The topological polar surface area (TPSA) is 159 Å². The summed E-state index contributed by atoms with van der Waals surface area (Å²) in [5, 5.41) is 26.2. The highest BCUT2D eigenvalue weighted by Gasteiger charge is 2.67. The molecule has 0 saturated heterocycles. The molecule has 9 rings (SSSR count). The van der Waals surface area contributed by atoms with Gasteiger partial charge in [0, 0.05) is 46.4 Å². The van der Waals surface area contributed by atoms with Crippen molar-refractivity contribution < 1.29 is 57.9 Å². The first-order chi connectivity index (χ1) is 32.3. The second kappa shape index (κ2) is 17.3. The van der Waals surface area contributed by atoms with E-state index in [0.717, 1.165) is 16.8 Å². The van der Waals surface area contributed by atoms with Crippen LogP contribution in [-0.2, 0) is 52.1 Å². The van der Waals surface area contributed by atoms with Gasteiger partial charge in [-0.1, -0.05) is 23.6 Å². The second-order valence-corrected chi connectivity index (χ2v) is 22.0. The fourth-order valence-electron chi connectivity index (χ4n) is 9.20. The lowest BCUT2D eigenvalue weighted by molar-refractivity contribution is -0.120. The number of carbonyl (C=O) groups is 1. The Labute approximate surface area is 394 Å². The van der Waals surface area contributed by atoms with Crippen LogP contribution in [0.15, 0.2) is 46.9 Å². The van der Waals surface area contributed by atoms with Crippen LogP contribution in [0.4, 0.5) is 35.1 Å². The van der Waals surface area contributed by atoms with E-state index in [9.17, 15) is 44.7 Å². The minimum absolute atomic E-state index is 0.00838. The molecule has 0 amide bonds. The molecule has 0 radical (unpaired) electrons. The first-order valence-electron chi connectivity index (χ1n) is 21.9. The molecule has 6 aromatic rings. The van der Waals surface area contributed by atoms with E-state index in [0.29, 0.717) is 23.6 Å². The van der Waals surface area contributed by atoms with Crippen molar-refractivity contribution in [2.45, 2.75) is 126 Å². The van der Waals surface area contributed by atoms with Gasteiger partial charge < -0.3 is 9.52 Å². The number of sulfone groups is 1. The maximum absolute atomic E-state index is 15.6. The number of benzene rings is 2. The third-order valence-electron chi connectivity index (χ3n) is 12.7. The molecule has 0 unspecified atom stereocenters. The van der Waals surface area contributed by atoms with Crippen molar-refractivity contribution in [3.63, 3.8) is 0 Å². The number of ketones is 1. The van der Waals surface area contributed by atoms with Crippen molar-refractivity contribution >= 4 is 38.1 Å². The second-order valence-electron chi connectivity index (χ2n) is 18.8. The highest BCUT2D eigenvalue weighted by atomic mass is 35.5. The van der Waals surface area contributed by atoms with Gasteiger partial charge in [-0.2, -0.15) is 19.0 Å². The van der Waals surface area contributed by atoms with Crippen molar-refractivity contribution in [3.05, 3.63) is 110 Å². The van der Waals surface area contributed by atoms with E-state index >= 15 is 8.78 Å². The number of fused-ring (bicyclic) bond motifs is 4. The van der Waals surface area contributed by atoms with Crippen LogP contribution in [-0.4, -0.2) is 70.5 Å². The SMILES string of the molecule is CC(C)(O)c1nnc(Cc2nn(CC(F)F)c3c(-c4ccc(C#CC(C)(C)S(=O)(=O)C5CC5)nc4[C@@H](CC(=O)Cn4nc(C(F)F)c5c4C(F)(F)[C@@H]4C[C@H]54)Cc4cc(F)cc(F)c4)ccc(Cl)c23)o1. The molecule has 12 nitrogen and oxygen atoms in total. The third-order valence-corrected chi connectivity index (χ3v) is 15.9. The number of hydrogen-bond acceptors (Lipinski definition) is 10. The molecule has 4 heterocycles. The predicted octanol–water partition coefficient (Wildman–Crippen LogP) is 9.53. The van der Waals surface area contributed by atoms with Crippen LogP contribution in [0.25, 0.3) is 22.0 Å². The molecule has 2 aromatic carbocycles. The van der Waals surface area contributed by atoms with Gasteiger partial charge >= 0.3 is 0 Å². The summed E-state index contributed by atoms with van der Waals surface area (Å²) in [6, 6.07) is 8.45. The number of halogens is 9. The van der Waals surface area contributed by atoms with Crippen LogP contribution < -0.4 is 0 Å². The average Bonchev–Trinajstić information content (AvgIpc) is 4.12. The highest BCUT2D eigenvalue weighted by molar-refractivity contribution is 7.93. The van der Waals surface area contributed by atoms with Gasteiger partial charge in [0.15, 0.2) is 15.6 Å². The number of aliphatic hydroxyl groups is 1. The summed E-state index contributed by atoms with van der Waals surface area (Å²) in [5.41, 5.74) is -3.07. The molecular weight excluding hydrogens is 962 g/mol. The monoisotopic (exact) mass is 1000 g/mol. The summed E-state index contributed by atoms with van der Waals surface area (Å²) >= 11 is 6.81. The molecule has 0 bridgehead atoms. The van der Waals surface area contributed by atoms with Crippen molar-refractivity contribution in [1.29, 1.82) is 0 Å². The van der Waals surface area contributed by atoms with E-state index in [2.05, 4.69) is 32.2 Å². The summed E-state index contributed by atoms with van der Waals surface area (Å²) in [4.78, 5) is 19.2. The number of aromatic nitrogens is 7. The standard InChI is InChI=1S/C47H42ClF8N7O5S/c1-45(2,69(66,67)28-6-7-28)12-11-26-5-8-29(30-9-10-33(48)38-34(60-62(41(30)38)21-35(51)52)19-36-58-59-44(68-36)46(3,4)65)39(57-26)23(13-22-14-24(49)17-25(50)15-22)16-27(64)20-63-42-37(40(61-63)43(53)54)31-18-32(31)47(42,55)56/h5,8-10,14-15,17,23,28,31-32,35,43,65H,6-7,13,16,18-21H2,1-4H3/t23-,31+,32-/m1/s1. The van der Waals surface area contributed by atoms with Gasteiger partial charge in [-0.3, -0.25) is 14.2 Å². The zero-order valence-electron chi connectivity index (χ0n) is 37.2. The van der Waals surface area contributed by atoms with E-state index in [1.165, 1.54) is 52.0 Å². The zero-order valence-corrected chi connectivity index (χ0v) is 38.8. The van der Waals surface area contributed by atoms with Gasteiger partial charge in [0.2, 0.25) is 11.8 Å². The number of carbonyl (C=O) groups excluding carboxylic acids is 1. The van der Waals surface area contributed by atoms with Crippen LogP contribution in [0.3, 0.4) is 0 Å². The number of nitrogens with zero attached hydrogens (tertiary/aromatic N) is 7.